The Labute approximate surface area is 135 Å². The first-order chi connectivity index (χ1) is 9.53. The highest BCUT2D eigenvalue weighted by molar-refractivity contribution is 6.31. The number of aryl methyl sites for hydroxylation is 1. The Morgan fingerprint density at radius 3 is 1.95 bits per heavy atom. The summed E-state index contributed by atoms with van der Waals surface area (Å²) in [7, 11) is 0. The number of carbonyl (C=O) groups excluding carboxylic acids is 1. The second-order valence-corrected chi connectivity index (χ2v) is 8.75. The molecule has 0 aliphatic rings. The molecule has 0 radical (unpaired) electrons. The molecule has 0 saturated carbocycles. The smallest absolute Gasteiger partial charge is 0.150 e. The van der Waals surface area contributed by atoms with E-state index in [9.17, 15) is 4.79 Å². The fraction of sp³-hybridized carbons (Fsp3) is 0.632. The first-order valence-corrected chi connectivity index (χ1v) is 8.17. The molecule has 0 heterocycles. The molecule has 0 fully saturated rings. The van der Waals surface area contributed by atoms with Gasteiger partial charge in [0.15, 0.2) is 6.29 Å². The predicted molar refractivity (Wildman–Crippen MR) is 92.4 cm³/mol. The van der Waals surface area contributed by atoms with Crippen LogP contribution in [0.3, 0.4) is 0 Å². The van der Waals surface area contributed by atoms with Gasteiger partial charge in [-0.15, -0.1) is 0 Å². The zero-order valence-electron chi connectivity index (χ0n) is 14.3. The van der Waals surface area contributed by atoms with Crippen molar-refractivity contribution in [3.8, 4) is 0 Å². The van der Waals surface area contributed by atoms with E-state index in [1.807, 2.05) is 12.1 Å². The molecule has 0 N–H and O–H groups in total. The molecule has 2 heteroatoms. The van der Waals surface area contributed by atoms with E-state index in [-0.39, 0.29) is 10.8 Å². The van der Waals surface area contributed by atoms with Crippen molar-refractivity contribution in [3.63, 3.8) is 0 Å². The van der Waals surface area contributed by atoms with Crippen LogP contribution in [-0.2, 0) is 12.8 Å². The van der Waals surface area contributed by atoms with Crippen LogP contribution in [0, 0.1) is 10.8 Å². The van der Waals surface area contributed by atoms with Gasteiger partial charge in [-0.1, -0.05) is 59.2 Å². The predicted octanol–water partition coefficient (Wildman–Crippen LogP) is 6.11. The van der Waals surface area contributed by atoms with E-state index in [4.69, 9.17) is 11.6 Å². The van der Waals surface area contributed by atoms with Gasteiger partial charge in [0, 0.05) is 10.6 Å². The molecule has 1 aromatic carbocycles. The zero-order chi connectivity index (χ0) is 16.3. The van der Waals surface area contributed by atoms with E-state index in [2.05, 4.69) is 41.5 Å². The molecule has 0 atom stereocenters. The van der Waals surface area contributed by atoms with Crippen LogP contribution in [0.4, 0.5) is 0 Å². The summed E-state index contributed by atoms with van der Waals surface area (Å²) in [5, 5.41) is 0.723. The van der Waals surface area contributed by atoms with Crippen LogP contribution in [0.1, 0.15) is 75.9 Å². The molecular weight excluding hydrogens is 280 g/mol. The van der Waals surface area contributed by atoms with Crippen LogP contribution in [0.2, 0.25) is 5.02 Å². The lowest BCUT2D eigenvalue weighted by Gasteiger charge is -2.21. The van der Waals surface area contributed by atoms with E-state index >= 15 is 0 Å². The Hall–Kier alpha value is -0.820. The maximum absolute atomic E-state index is 11.6. The summed E-state index contributed by atoms with van der Waals surface area (Å²) in [5.41, 5.74) is 3.48. The second-order valence-electron chi connectivity index (χ2n) is 8.34. The third-order valence-electron chi connectivity index (χ3n) is 3.78. The largest absolute Gasteiger partial charge is 0.298 e. The summed E-state index contributed by atoms with van der Waals surface area (Å²) >= 11 is 6.34. The third-order valence-corrected chi connectivity index (χ3v) is 4.13. The fourth-order valence-corrected chi connectivity index (χ4v) is 2.57. The lowest BCUT2D eigenvalue weighted by atomic mass is 9.84. The van der Waals surface area contributed by atoms with E-state index in [1.165, 1.54) is 0 Å². The number of carbonyl (C=O) groups is 1. The summed E-state index contributed by atoms with van der Waals surface area (Å²) in [4.78, 5) is 11.6. The van der Waals surface area contributed by atoms with Crippen molar-refractivity contribution in [1.82, 2.24) is 0 Å². The van der Waals surface area contributed by atoms with Crippen LogP contribution in [0.25, 0.3) is 0 Å². The van der Waals surface area contributed by atoms with E-state index in [1.54, 1.807) is 0 Å². The number of hydrogen-bond donors (Lipinski definition) is 0. The van der Waals surface area contributed by atoms with Gasteiger partial charge in [0.1, 0.15) is 0 Å². The van der Waals surface area contributed by atoms with Crippen molar-refractivity contribution in [2.75, 3.05) is 0 Å². The SMILES string of the molecule is CC(C)(C)CCc1ccc(Cl)c(CCC(C)(C)C)c1C=O. The third kappa shape index (κ3) is 6.22. The molecule has 0 aromatic heterocycles. The van der Waals surface area contributed by atoms with Gasteiger partial charge in [0.25, 0.3) is 0 Å². The summed E-state index contributed by atoms with van der Waals surface area (Å²) in [5.74, 6) is 0. The van der Waals surface area contributed by atoms with E-state index in [0.717, 1.165) is 53.7 Å². The number of aldehydes is 1. The molecule has 1 rings (SSSR count). The van der Waals surface area contributed by atoms with Crippen molar-refractivity contribution < 1.29 is 4.79 Å². The summed E-state index contributed by atoms with van der Waals surface area (Å²) in [6, 6.07) is 3.96. The molecule has 1 aromatic rings. The number of benzene rings is 1. The maximum atomic E-state index is 11.6. The average molecular weight is 309 g/mol. The van der Waals surface area contributed by atoms with Crippen molar-refractivity contribution in [1.29, 1.82) is 0 Å². The monoisotopic (exact) mass is 308 g/mol. The quantitative estimate of drug-likeness (QED) is 0.600. The van der Waals surface area contributed by atoms with E-state index < -0.39 is 0 Å². The van der Waals surface area contributed by atoms with Crippen LogP contribution < -0.4 is 0 Å². The maximum Gasteiger partial charge on any atom is 0.150 e. The highest BCUT2D eigenvalue weighted by Gasteiger charge is 2.17. The molecule has 0 saturated heterocycles. The minimum atomic E-state index is 0.241. The van der Waals surface area contributed by atoms with Gasteiger partial charge >= 0.3 is 0 Å². The van der Waals surface area contributed by atoms with Gasteiger partial charge in [0.2, 0.25) is 0 Å². The zero-order valence-corrected chi connectivity index (χ0v) is 15.1. The summed E-state index contributed by atoms with van der Waals surface area (Å²) in [6.07, 6.45) is 4.86. The fourth-order valence-electron chi connectivity index (χ4n) is 2.32. The highest BCUT2D eigenvalue weighted by Crippen LogP contribution is 2.30. The minimum absolute atomic E-state index is 0.241. The molecule has 21 heavy (non-hydrogen) atoms. The normalized spacial score (nSPS) is 12.5. The molecule has 0 aliphatic carbocycles. The van der Waals surface area contributed by atoms with Gasteiger partial charge in [-0.3, -0.25) is 4.79 Å². The molecule has 118 valence electrons. The lowest BCUT2D eigenvalue weighted by molar-refractivity contribution is 0.112. The number of rotatable bonds is 5. The van der Waals surface area contributed by atoms with E-state index in [0.29, 0.717) is 0 Å². The average Bonchev–Trinajstić information content (AvgIpc) is 2.33. The molecule has 0 amide bonds. The summed E-state index contributed by atoms with van der Waals surface area (Å²) < 4.78 is 0. The van der Waals surface area contributed by atoms with Crippen molar-refractivity contribution in [2.45, 2.75) is 67.2 Å². The lowest BCUT2D eigenvalue weighted by Crippen LogP contribution is -2.11. The molecule has 0 unspecified atom stereocenters. The van der Waals surface area contributed by atoms with Gasteiger partial charge in [-0.2, -0.15) is 0 Å². The van der Waals surface area contributed by atoms with Gasteiger partial charge in [-0.05, 0) is 53.7 Å². The Kier molecular flexibility index (Phi) is 6.04. The number of halogens is 1. The Balaban J connectivity index is 3.04. The topological polar surface area (TPSA) is 17.1 Å². The summed E-state index contributed by atoms with van der Waals surface area (Å²) in [6.45, 7) is 13.3. The second kappa shape index (κ2) is 6.96. The van der Waals surface area contributed by atoms with Crippen LogP contribution >= 0.6 is 11.6 Å². The van der Waals surface area contributed by atoms with Gasteiger partial charge < -0.3 is 0 Å². The minimum Gasteiger partial charge on any atom is -0.298 e. The molecular formula is C19H29ClO. The van der Waals surface area contributed by atoms with Gasteiger partial charge in [0.05, 0.1) is 0 Å². The molecule has 0 spiro atoms. The van der Waals surface area contributed by atoms with Crippen LogP contribution in [0.15, 0.2) is 12.1 Å². The van der Waals surface area contributed by atoms with Crippen LogP contribution in [0.5, 0.6) is 0 Å². The number of hydrogen-bond acceptors (Lipinski definition) is 1. The first kappa shape index (κ1) is 18.2. The first-order valence-electron chi connectivity index (χ1n) is 7.79. The van der Waals surface area contributed by atoms with Gasteiger partial charge in [-0.25, -0.2) is 0 Å². The molecule has 0 aliphatic heterocycles. The molecule has 1 nitrogen and oxygen atoms in total. The van der Waals surface area contributed by atoms with Crippen LogP contribution in [-0.4, -0.2) is 6.29 Å². The van der Waals surface area contributed by atoms with Crippen molar-refractivity contribution in [2.24, 2.45) is 10.8 Å². The molecule has 0 bridgehead atoms. The highest BCUT2D eigenvalue weighted by atomic mass is 35.5. The standard InChI is InChI=1S/C19H29ClO/c1-18(2,3)11-9-14-7-8-17(20)15(16(14)13-21)10-12-19(4,5)6/h7-8,13H,9-12H2,1-6H3. The van der Waals surface area contributed by atoms with Crippen molar-refractivity contribution in [3.05, 3.63) is 33.8 Å². The van der Waals surface area contributed by atoms with Crippen molar-refractivity contribution >= 4 is 17.9 Å². The Morgan fingerprint density at radius 1 is 0.952 bits per heavy atom. The Bertz CT molecular complexity index is 490. The Morgan fingerprint density at radius 2 is 1.48 bits per heavy atom.